The maximum atomic E-state index is 13.9. The van der Waals surface area contributed by atoms with Gasteiger partial charge in [0.05, 0.1) is 12.1 Å². The van der Waals surface area contributed by atoms with E-state index in [9.17, 15) is 4.79 Å². The van der Waals surface area contributed by atoms with Gasteiger partial charge in [-0.2, -0.15) is 0 Å². The molecular weight excluding hydrogens is 422 g/mol. The van der Waals surface area contributed by atoms with E-state index in [1.165, 1.54) is 11.1 Å². The molecule has 3 aromatic carbocycles. The summed E-state index contributed by atoms with van der Waals surface area (Å²) in [5, 5.41) is 0. The Bertz CT molecular complexity index is 1220. The van der Waals surface area contributed by atoms with Crippen molar-refractivity contribution in [2.24, 2.45) is 5.41 Å². The molecule has 1 fully saturated rings. The van der Waals surface area contributed by atoms with Crippen LogP contribution in [0.2, 0.25) is 0 Å². The second-order valence-electron chi connectivity index (χ2n) is 10.9. The van der Waals surface area contributed by atoms with Crippen molar-refractivity contribution in [1.82, 2.24) is 4.90 Å². The van der Waals surface area contributed by atoms with Crippen LogP contribution in [0.25, 0.3) is 11.1 Å². The Labute approximate surface area is 201 Å². The molecule has 4 heteroatoms. The van der Waals surface area contributed by atoms with Gasteiger partial charge in [-0.1, -0.05) is 86.6 Å². The number of hydrogen-bond donors (Lipinski definition) is 0. The van der Waals surface area contributed by atoms with Crippen molar-refractivity contribution in [2.45, 2.75) is 51.4 Å². The Morgan fingerprint density at radius 1 is 0.882 bits per heavy atom. The van der Waals surface area contributed by atoms with Crippen LogP contribution in [0, 0.1) is 5.41 Å². The van der Waals surface area contributed by atoms with Gasteiger partial charge in [-0.15, -0.1) is 0 Å². The zero-order valence-corrected chi connectivity index (χ0v) is 20.1. The first kappa shape index (κ1) is 21.4. The van der Waals surface area contributed by atoms with Crippen molar-refractivity contribution in [2.75, 3.05) is 13.2 Å². The number of likely N-dealkylation sites (tertiary alicyclic amines) is 1. The van der Waals surface area contributed by atoms with Crippen molar-refractivity contribution in [3.63, 3.8) is 0 Å². The van der Waals surface area contributed by atoms with Crippen molar-refractivity contribution in [3.05, 3.63) is 95.1 Å². The molecule has 2 heterocycles. The van der Waals surface area contributed by atoms with Gasteiger partial charge in [0, 0.05) is 17.7 Å². The average Bonchev–Trinajstić information content (AvgIpc) is 3.30. The molecule has 0 saturated carbocycles. The largest absolute Gasteiger partial charge is 0.436 e. The molecule has 0 spiro atoms. The number of ether oxygens (including phenoxy) is 2. The van der Waals surface area contributed by atoms with Crippen molar-refractivity contribution < 1.29 is 14.3 Å². The van der Waals surface area contributed by atoms with E-state index in [2.05, 4.69) is 69.3 Å². The third-order valence-electron chi connectivity index (χ3n) is 7.81. The van der Waals surface area contributed by atoms with Gasteiger partial charge >= 0.3 is 6.09 Å². The SMILES string of the molecule is CC1(C)CN(C(=O)OC2c3ccccc3-c3ccccc32)C(C)([C@@H]2OCCc3ccccc32)C1. The van der Waals surface area contributed by atoms with Gasteiger partial charge in [0.1, 0.15) is 6.10 Å². The van der Waals surface area contributed by atoms with E-state index >= 15 is 0 Å². The van der Waals surface area contributed by atoms with Crippen LogP contribution in [-0.4, -0.2) is 29.7 Å². The third kappa shape index (κ3) is 3.27. The van der Waals surface area contributed by atoms with E-state index in [1.54, 1.807) is 0 Å². The number of benzene rings is 3. The fourth-order valence-corrected chi connectivity index (χ4v) is 6.55. The van der Waals surface area contributed by atoms with Gasteiger partial charge in [0.15, 0.2) is 6.10 Å². The van der Waals surface area contributed by atoms with E-state index in [0.717, 1.165) is 35.1 Å². The molecular formula is C30H31NO3. The first-order valence-corrected chi connectivity index (χ1v) is 12.2. The highest BCUT2D eigenvalue weighted by atomic mass is 16.6. The Kier molecular flexibility index (Phi) is 4.86. The summed E-state index contributed by atoms with van der Waals surface area (Å²) in [7, 11) is 0. The Morgan fingerprint density at radius 2 is 1.47 bits per heavy atom. The highest BCUT2D eigenvalue weighted by Crippen LogP contribution is 2.52. The molecule has 4 nitrogen and oxygen atoms in total. The summed E-state index contributed by atoms with van der Waals surface area (Å²) in [6.45, 7) is 7.94. The summed E-state index contributed by atoms with van der Waals surface area (Å²) in [5.74, 6) is 0. The van der Waals surface area contributed by atoms with Gasteiger partial charge in [0.25, 0.3) is 0 Å². The molecule has 34 heavy (non-hydrogen) atoms. The second kappa shape index (κ2) is 7.71. The minimum absolute atomic E-state index is 0.0327. The molecule has 3 aromatic rings. The Balaban J connectivity index is 1.36. The number of carbonyl (C=O) groups excluding carboxylic acids is 1. The molecule has 0 N–H and O–H groups in total. The van der Waals surface area contributed by atoms with Crippen molar-refractivity contribution in [1.29, 1.82) is 0 Å². The van der Waals surface area contributed by atoms with Crippen LogP contribution in [0.5, 0.6) is 0 Å². The Morgan fingerprint density at radius 3 is 2.15 bits per heavy atom. The topological polar surface area (TPSA) is 38.8 Å². The lowest BCUT2D eigenvalue weighted by Crippen LogP contribution is -2.51. The first-order valence-electron chi connectivity index (χ1n) is 12.2. The maximum absolute atomic E-state index is 13.9. The molecule has 1 aliphatic carbocycles. The fourth-order valence-electron chi connectivity index (χ4n) is 6.55. The second-order valence-corrected chi connectivity index (χ2v) is 10.9. The molecule has 1 unspecified atom stereocenters. The molecule has 0 aromatic heterocycles. The Hall–Kier alpha value is -3.11. The predicted octanol–water partition coefficient (Wildman–Crippen LogP) is 6.70. The summed E-state index contributed by atoms with van der Waals surface area (Å²) in [4.78, 5) is 15.9. The molecule has 3 aliphatic rings. The minimum atomic E-state index is -0.491. The van der Waals surface area contributed by atoms with Crippen LogP contribution in [-0.2, 0) is 15.9 Å². The zero-order chi connectivity index (χ0) is 23.5. The first-order chi connectivity index (χ1) is 16.4. The van der Waals surface area contributed by atoms with Gasteiger partial charge < -0.3 is 9.47 Å². The number of carbonyl (C=O) groups is 1. The molecule has 2 aliphatic heterocycles. The number of fused-ring (bicyclic) bond motifs is 4. The molecule has 174 valence electrons. The predicted molar refractivity (Wildman–Crippen MR) is 133 cm³/mol. The minimum Gasteiger partial charge on any atom is -0.436 e. The lowest BCUT2D eigenvalue weighted by Gasteiger charge is -2.43. The van der Waals surface area contributed by atoms with Crippen LogP contribution >= 0.6 is 0 Å². The van der Waals surface area contributed by atoms with E-state index < -0.39 is 11.6 Å². The molecule has 6 rings (SSSR count). The number of amides is 1. The molecule has 0 radical (unpaired) electrons. The number of nitrogens with zero attached hydrogens (tertiary/aromatic N) is 1. The lowest BCUT2D eigenvalue weighted by molar-refractivity contribution is -0.0584. The molecule has 1 amide bonds. The highest BCUT2D eigenvalue weighted by molar-refractivity contribution is 5.80. The molecule has 1 saturated heterocycles. The molecule has 2 atom stereocenters. The van der Waals surface area contributed by atoms with Crippen LogP contribution in [0.15, 0.2) is 72.8 Å². The van der Waals surface area contributed by atoms with Gasteiger partial charge in [0.2, 0.25) is 0 Å². The highest BCUT2D eigenvalue weighted by Gasteiger charge is 2.55. The monoisotopic (exact) mass is 453 g/mol. The number of hydrogen-bond acceptors (Lipinski definition) is 3. The summed E-state index contributed by atoms with van der Waals surface area (Å²) in [5.41, 5.74) is 6.38. The molecule has 0 bridgehead atoms. The number of rotatable bonds is 2. The van der Waals surface area contributed by atoms with Gasteiger partial charge in [-0.25, -0.2) is 4.79 Å². The van der Waals surface area contributed by atoms with E-state index in [-0.39, 0.29) is 17.6 Å². The summed E-state index contributed by atoms with van der Waals surface area (Å²) in [6, 6.07) is 25.0. The quantitative estimate of drug-likeness (QED) is 0.433. The van der Waals surface area contributed by atoms with Crippen LogP contribution in [0.3, 0.4) is 0 Å². The lowest BCUT2D eigenvalue weighted by atomic mass is 9.78. The van der Waals surface area contributed by atoms with Crippen LogP contribution in [0.1, 0.15) is 61.7 Å². The fraction of sp³-hybridized carbons (Fsp3) is 0.367. The van der Waals surface area contributed by atoms with Gasteiger partial charge in [-0.3, -0.25) is 4.90 Å². The normalized spacial score (nSPS) is 24.9. The summed E-state index contributed by atoms with van der Waals surface area (Å²) < 4.78 is 12.7. The zero-order valence-electron chi connectivity index (χ0n) is 20.1. The van der Waals surface area contributed by atoms with Crippen LogP contribution < -0.4 is 0 Å². The summed E-state index contributed by atoms with van der Waals surface area (Å²) >= 11 is 0. The summed E-state index contributed by atoms with van der Waals surface area (Å²) in [6.07, 6.45) is 0.927. The smallest absolute Gasteiger partial charge is 0.411 e. The van der Waals surface area contributed by atoms with Crippen molar-refractivity contribution >= 4 is 6.09 Å². The van der Waals surface area contributed by atoms with E-state index in [4.69, 9.17) is 9.47 Å². The third-order valence-corrected chi connectivity index (χ3v) is 7.81. The van der Waals surface area contributed by atoms with E-state index in [1.807, 2.05) is 29.2 Å². The van der Waals surface area contributed by atoms with Crippen LogP contribution in [0.4, 0.5) is 4.79 Å². The average molecular weight is 454 g/mol. The van der Waals surface area contributed by atoms with E-state index in [0.29, 0.717) is 13.2 Å². The van der Waals surface area contributed by atoms with Crippen molar-refractivity contribution in [3.8, 4) is 11.1 Å². The maximum Gasteiger partial charge on any atom is 0.411 e. The standard InChI is InChI=1S/C30H31NO3/c1-29(2)18-30(3,27-21-11-5-4-10-20(21)16-17-33-27)31(19-29)28(32)34-26-24-14-8-6-12-22(24)23-13-7-9-15-25(23)26/h4-15,26-27H,16-19H2,1-3H3/t27-,30?/m1/s1. The van der Waals surface area contributed by atoms with Gasteiger partial charge in [-0.05, 0) is 47.4 Å².